The van der Waals surface area contributed by atoms with Crippen molar-refractivity contribution in [2.75, 3.05) is 13.2 Å². The van der Waals surface area contributed by atoms with E-state index in [1.165, 1.54) is 0 Å². The van der Waals surface area contributed by atoms with Crippen molar-refractivity contribution < 1.29 is 60.3 Å². The van der Waals surface area contributed by atoms with E-state index < -0.39 is 74.2 Å². The van der Waals surface area contributed by atoms with Gasteiger partial charge in [-0.2, -0.15) is 0 Å². The van der Waals surface area contributed by atoms with Crippen LogP contribution >= 0.6 is 0 Å². The molecule has 1 heterocycles. The number of carbonyl (C=O) groups excluding carboxylic acids is 2. The Morgan fingerprint density at radius 1 is 1.04 bits per heavy atom. The predicted octanol–water partition coefficient (Wildman–Crippen LogP) is -6.46. The number of hydrogen-bond acceptors (Lipinski definition) is 12. The Kier molecular flexibility index (Phi) is 11.7. The van der Waals surface area contributed by atoms with Crippen LogP contribution in [-0.4, -0.2) is 126 Å². The Bertz CT molecular complexity index is 447. The van der Waals surface area contributed by atoms with E-state index in [0.29, 0.717) is 0 Å². The van der Waals surface area contributed by atoms with Crippen molar-refractivity contribution in [3.8, 4) is 0 Å². The average molecular weight is 401 g/mol. The van der Waals surface area contributed by atoms with E-state index in [-0.39, 0.29) is 6.29 Å². The molecule has 160 valence electrons. The van der Waals surface area contributed by atoms with Crippen molar-refractivity contribution in [2.45, 2.75) is 62.0 Å². The third kappa shape index (κ3) is 7.71. The van der Waals surface area contributed by atoms with E-state index in [4.69, 9.17) is 35.7 Å². The molecule has 0 aromatic heterocycles. The van der Waals surface area contributed by atoms with Gasteiger partial charge in [0.2, 0.25) is 5.91 Å². The summed E-state index contributed by atoms with van der Waals surface area (Å²) >= 11 is 0. The van der Waals surface area contributed by atoms with Crippen LogP contribution < -0.4 is 5.32 Å². The Morgan fingerprint density at radius 3 is 2.00 bits per heavy atom. The zero-order valence-corrected chi connectivity index (χ0v) is 14.4. The summed E-state index contributed by atoms with van der Waals surface area (Å²) < 4.78 is 4.58. The van der Waals surface area contributed by atoms with Crippen LogP contribution in [0.5, 0.6) is 0 Å². The van der Waals surface area contributed by atoms with E-state index >= 15 is 0 Å². The molecule has 0 saturated carbocycles. The maximum Gasteiger partial charge on any atom is 0.217 e. The highest BCUT2D eigenvalue weighted by molar-refractivity contribution is 5.77. The average Bonchev–Trinajstić information content (AvgIpc) is 2.65. The number of aliphatic hydroxyl groups is 9. The van der Waals surface area contributed by atoms with E-state index in [1.54, 1.807) is 0 Å². The number of carbonyl (C=O) groups is 2. The smallest absolute Gasteiger partial charge is 0.217 e. The Morgan fingerprint density at radius 2 is 1.59 bits per heavy atom. The molecule has 5 unspecified atom stereocenters. The first-order valence-electron chi connectivity index (χ1n) is 7.87. The molecule has 9 atom stereocenters. The molecule has 0 radical (unpaired) electrons. The van der Waals surface area contributed by atoms with Crippen molar-refractivity contribution in [1.82, 2.24) is 5.32 Å². The van der Waals surface area contributed by atoms with Crippen LogP contribution in [0.4, 0.5) is 0 Å². The molecule has 1 fully saturated rings. The molecule has 1 aliphatic heterocycles. The number of aldehydes is 1. The fraction of sp³-hybridized carbons (Fsp3) is 0.857. The predicted molar refractivity (Wildman–Crippen MR) is 84.8 cm³/mol. The highest BCUT2D eigenvalue weighted by Crippen LogP contribution is 2.19. The SMILES string of the molecule is CC(=O)NC(C=O)C(O)C(O)C(O)CO.OC[C@H]1OC(O)[C@H](O)[C@@H](O)[C@H]1O. The molecule has 1 rings (SSSR count). The fourth-order valence-corrected chi connectivity index (χ4v) is 2.06. The number of hydrogen-bond donors (Lipinski definition) is 10. The van der Waals surface area contributed by atoms with Crippen LogP contribution in [0.1, 0.15) is 6.92 Å². The third-order valence-electron chi connectivity index (χ3n) is 3.68. The summed E-state index contributed by atoms with van der Waals surface area (Å²) in [5, 5.41) is 82.8. The maximum atomic E-state index is 10.6. The molecule has 27 heavy (non-hydrogen) atoms. The van der Waals surface area contributed by atoms with Crippen molar-refractivity contribution in [3.63, 3.8) is 0 Å². The normalized spacial score (nSPS) is 32.3. The second kappa shape index (κ2) is 12.2. The number of aliphatic hydroxyl groups excluding tert-OH is 9. The van der Waals surface area contributed by atoms with Crippen LogP contribution in [0, 0.1) is 0 Å². The summed E-state index contributed by atoms with van der Waals surface area (Å²) in [5.74, 6) is -0.558. The summed E-state index contributed by atoms with van der Waals surface area (Å²) in [6.45, 7) is -0.149. The summed E-state index contributed by atoms with van der Waals surface area (Å²) in [5.41, 5.74) is 0. The molecule has 0 spiro atoms. The lowest BCUT2D eigenvalue weighted by atomic mass is 10.00. The van der Waals surface area contributed by atoms with Gasteiger partial charge in [0.25, 0.3) is 0 Å². The first-order valence-corrected chi connectivity index (χ1v) is 7.87. The fourth-order valence-electron chi connectivity index (χ4n) is 2.06. The number of nitrogens with one attached hydrogen (secondary N) is 1. The molecular weight excluding hydrogens is 374 g/mol. The van der Waals surface area contributed by atoms with E-state index in [9.17, 15) is 19.8 Å². The zero-order chi connectivity index (χ0) is 21.3. The minimum atomic E-state index is -1.71. The molecule has 10 N–H and O–H groups in total. The van der Waals surface area contributed by atoms with Crippen LogP contribution in [0.2, 0.25) is 0 Å². The zero-order valence-electron chi connectivity index (χ0n) is 14.4. The molecule has 0 aliphatic carbocycles. The van der Waals surface area contributed by atoms with Gasteiger partial charge in [-0.25, -0.2) is 0 Å². The number of ether oxygens (including phenoxy) is 1. The lowest BCUT2D eigenvalue weighted by molar-refractivity contribution is -0.286. The molecule has 1 saturated heterocycles. The molecule has 13 nitrogen and oxygen atoms in total. The monoisotopic (exact) mass is 401 g/mol. The second-order valence-corrected chi connectivity index (χ2v) is 5.81. The molecule has 1 aliphatic rings. The highest BCUT2D eigenvalue weighted by Gasteiger charge is 2.42. The van der Waals surface area contributed by atoms with E-state index in [0.717, 1.165) is 6.92 Å². The first kappa shape index (κ1) is 25.7. The summed E-state index contributed by atoms with van der Waals surface area (Å²) in [6.07, 6.45) is -11.8. The van der Waals surface area contributed by atoms with Gasteiger partial charge in [-0.1, -0.05) is 0 Å². The quantitative estimate of drug-likeness (QED) is 0.179. The molecule has 1 amide bonds. The van der Waals surface area contributed by atoms with Crippen molar-refractivity contribution in [1.29, 1.82) is 0 Å². The van der Waals surface area contributed by atoms with Crippen LogP contribution in [-0.2, 0) is 14.3 Å². The minimum Gasteiger partial charge on any atom is -0.394 e. The third-order valence-corrected chi connectivity index (χ3v) is 3.68. The topological polar surface area (TPSA) is 237 Å². The molecule has 13 heteroatoms. The van der Waals surface area contributed by atoms with Gasteiger partial charge in [-0.05, 0) is 0 Å². The molecule has 0 bridgehead atoms. The lowest BCUT2D eigenvalue weighted by Crippen LogP contribution is -2.58. The van der Waals surface area contributed by atoms with Gasteiger partial charge < -0.3 is 60.8 Å². The van der Waals surface area contributed by atoms with Gasteiger partial charge in [-0.15, -0.1) is 0 Å². The van der Waals surface area contributed by atoms with Crippen molar-refractivity contribution in [2.24, 2.45) is 0 Å². The Hall–Kier alpha value is -1.26. The second-order valence-electron chi connectivity index (χ2n) is 5.81. The summed E-state index contributed by atoms with van der Waals surface area (Å²) in [6, 6.07) is -1.32. The van der Waals surface area contributed by atoms with E-state index in [2.05, 4.69) is 10.1 Å². The van der Waals surface area contributed by atoms with Crippen LogP contribution in [0.15, 0.2) is 0 Å². The number of amides is 1. The standard InChI is InChI=1S/C8H15NO6.C6H12O6/c1-4(12)9-5(2-10)7(14)8(15)6(13)3-11;7-1-2-3(8)4(9)5(10)6(11)12-2/h2,5-8,11,13-15H,3H2,1H3,(H,9,12);2-11H,1H2/t;2-,3+,4+,5-,6?/m.1/s1. The number of rotatable bonds is 7. The van der Waals surface area contributed by atoms with Gasteiger partial charge in [0.1, 0.15) is 55.1 Å². The van der Waals surface area contributed by atoms with Gasteiger partial charge in [0.05, 0.1) is 13.2 Å². The largest absolute Gasteiger partial charge is 0.394 e. The molecule has 0 aromatic carbocycles. The van der Waals surface area contributed by atoms with Crippen molar-refractivity contribution in [3.05, 3.63) is 0 Å². The van der Waals surface area contributed by atoms with Crippen molar-refractivity contribution >= 4 is 12.2 Å². The molecular formula is C14H27NO12. The van der Waals surface area contributed by atoms with Gasteiger partial charge in [0, 0.05) is 6.92 Å². The van der Waals surface area contributed by atoms with Gasteiger partial charge >= 0.3 is 0 Å². The first-order chi connectivity index (χ1) is 12.5. The highest BCUT2D eigenvalue weighted by atomic mass is 16.6. The Balaban J connectivity index is 0.000000511. The van der Waals surface area contributed by atoms with Crippen LogP contribution in [0.3, 0.4) is 0 Å². The summed E-state index contributed by atoms with van der Waals surface area (Å²) in [7, 11) is 0. The van der Waals surface area contributed by atoms with Gasteiger partial charge in [0.15, 0.2) is 6.29 Å². The van der Waals surface area contributed by atoms with Crippen LogP contribution in [0.25, 0.3) is 0 Å². The van der Waals surface area contributed by atoms with Gasteiger partial charge in [-0.3, -0.25) is 4.79 Å². The Labute approximate surface area is 154 Å². The maximum absolute atomic E-state index is 10.6. The van der Waals surface area contributed by atoms with E-state index in [1.807, 2.05) is 0 Å². The minimum absolute atomic E-state index is 0.235. The lowest BCUT2D eigenvalue weighted by Gasteiger charge is -2.37. The summed E-state index contributed by atoms with van der Waals surface area (Å²) in [4.78, 5) is 21.1. The molecule has 0 aromatic rings.